The molecule has 1 rings (SSSR count). The Balaban J connectivity index is 2.47. The summed E-state index contributed by atoms with van der Waals surface area (Å²) in [6, 6.07) is -1.17. The van der Waals surface area contributed by atoms with E-state index in [0.29, 0.717) is 19.4 Å². The zero-order valence-corrected chi connectivity index (χ0v) is 12.9. The molecule has 0 aromatic rings. The molecule has 0 spiro atoms. The van der Waals surface area contributed by atoms with Crippen LogP contribution >= 0.6 is 0 Å². The number of likely N-dealkylation sites (tertiary alicyclic amines) is 1. The summed E-state index contributed by atoms with van der Waals surface area (Å²) < 4.78 is 9.91. The third-order valence-corrected chi connectivity index (χ3v) is 2.74. The van der Waals surface area contributed by atoms with Crippen LogP contribution in [0.25, 0.3) is 0 Å². The first-order valence-corrected chi connectivity index (χ1v) is 6.97. The lowest BCUT2D eigenvalue weighted by molar-refractivity contribution is -0.147. The summed E-state index contributed by atoms with van der Waals surface area (Å²) in [6.07, 6.45) is 0.505. The van der Waals surface area contributed by atoms with E-state index in [2.05, 4.69) is 10.9 Å². The van der Waals surface area contributed by atoms with E-state index in [1.165, 1.54) is 4.90 Å². The molecule has 0 saturated carbocycles. The van der Waals surface area contributed by atoms with Gasteiger partial charge in [-0.3, -0.25) is 0 Å². The number of urea groups is 1. The topological polar surface area (TPSA) is 97.0 Å². The molecule has 0 aliphatic carbocycles. The van der Waals surface area contributed by atoms with Gasteiger partial charge in [0.1, 0.15) is 11.6 Å². The van der Waals surface area contributed by atoms with Gasteiger partial charge in [-0.25, -0.2) is 25.2 Å². The Labute approximate surface area is 124 Å². The third-order valence-electron chi connectivity index (χ3n) is 2.74. The van der Waals surface area contributed by atoms with Crippen molar-refractivity contribution in [2.75, 3.05) is 13.2 Å². The van der Waals surface area contributed by atoms with Crippen molar-refractivity contribution in [1.29, 1.82) is 0 Å². The van der Waals surface area contributed by atoms with Crippen LogP contribution in [0.1, 0.15) is 40.5 Å². The molecule has 21 heavy (non-hydrogen) atoms. The summed E-state index contributed by atoms with van der Waals surface area (Å²) in [5.41, 5.74) is 3.72. The average Bonchev–Trinajstić information content (AvgIpc) is 2.83. The number of nitrogens with zero attached hydrogens (tertiary/aromatic N) is 1. The number of nitrogens with one attached hydrogen (secondary N) is 2. The second kappa shape index (κ2) is 7.14. The fraction of sp³-hybridized carbons (Fsp3) is 0.769. The molecule has 1 atom stereocenters. The summed E-state index contributed by atoms with van der Waals surface area (Å²) in [5.74, 6) is -0.428. The Hall–Kier alpha value is -1.99. The molecule has 0 aromatic carbocycles. The lowest BCUT2D eigenvalue weighted by Gasteiger charge is -2.24. The number of hydrazine groups is 1. The van der Waals surface area contributed by atoms with Crippen molar-refractivity contribution in [3.8, 4) is 0 Å². The molecule has 1 heterocycles. The van der Waals surface area contributed by atoms with Crippen molar-refractivity contribution in [3.63, 3.8) is 0 Å². The number of rotatable bonds is 2. The highest BCUT2D eigenvalue weighted by Gasteiger charge is 2.35. The number of hydrogen-bond acceptors (Lipinski definition) is 5. The SMILES string of the molecule is CCOC(=O)C1CCCN1C(=O)NNC(=O)OC(C)(C)C. The Kier molecular flexibility index (Phi) is 5.80. The van der Waals surface area contributed by atoms with Crippen molar-refractivity contribution >= 4 is 18.1 Å². The van der Waals surface area contributed by atoms with E-state index < -0.39 is 29.7 Å². The summed E-state index contributed by atoms with van der Waals surface area (Å²) in [6.45, 7) is 7.55. The first-order chi connectivity index (χ1) is 9.74. The van der Waals surface area contributed by atoms with Gasteiger partial charge >= 0.3 is 18.1 Å². The number of esters is 1. The first kappa shape index (κ1) is 17.1. The van der Waals surface area contributed by atoms with Gasteiger partial charge in [-0.2, -0.15) is 0 Å². The highest BCUT2D eigenvalue weighted by molar-refractivity contribution is 5.85. The predicted molar refractivity (Wildman–Crippen MR) is 74.3 cm³/mol. The standard InChI is InChI=1S/C13H23N3O5/c1-5-20-10(17)9-7-6-8-16(9)11(18)14-15-12(19)21-13(2,3)4/h9H,5-8H2,1-4H3,(H,14,18)(H,15,19). The molecule has 120 valence electrons. The summed E-state index contributed by atoms with van der Waals surface area (Å²) in [7, 11) is 0. The van der Waals surface area contributed by atoms with Crippen LogP contribution in [0.5, 0.6) is 0 Å². The van der Waals surface area contributed by atoms with Gasteiger partial charge in [0.15, 0.2) is 0 Å². The van der Waals surface area contributed by atoms with Crippen molar-refractivity contribution in [2.45, 2.75) is 52.2 Å². The molecule has 0 aromatic heterocycles. The highest BCUT2D eigenvalue weighted by Crippen LogP contribution is 2.18. The summed E-state index contributed by atoms with van der Waals surface area (Å²) in [4.78, 5) is 36.5. The van der Waals surface area contributed by atoms with Gasteiger partial charge in [-0.05, 0) is 40.5 Å². The zero-order valence-electron chi connectivity index (χ0n) is 12.9. The second-order valence-corrected chi connectivity index (χ2v) is 5.66. The third kappa shape index (κ3) is 5.49. The Morgan fingerprint density at radius 3 is 2.48 bits per heavy atom. The quantitative estimate of drug-likeness (QED) is 0.589. The number of amides is 3. The molecule has 8 heteroatoms. The fourth-order valence-electron chi connectivity index (χ4n) is 1.97. The fourth-order valence-corrected chi connectivity index (χ4v) is 1.97. The lowest BCUT2D eigenvalue weighted by Crippen LogP contribution is -2.52. The van der Waals surface area contributed by atoms with E-state index >= 15 is 0 Å². The summed E-state index contributed by atoms with van der Waals surface area (Å²) >= 11 is 0. The molecule has 0 bridgehead atoms. The van der Waals surface area contributed by atoms with Gasteiger partial charge < -0.3 is 14.4 Å². The zero-order chi connectivity index (χ0) is 16.0. The second-order valence-electron chi connectivity index (χ2n) is 5.66. The van der Waals surface area contributed by atoms with E-state index in [1.54, 1.807) is 27.7 Å². The van der Waals surface area contributed by atoms with Gasteiger partial charge in [0.2, 0.25) is 0 Å². The van der Waals surface area contributed by atoms with Crippen molar-refractivity contribution < 1.29 is 23.9 Å². The number of hydrogen-bond donors (Lipinski definition) is 2. The Bertz CT molecular complexity index is 405. The minimum absolute atomic E-state index is 0.265. The minimum atomic E-state index is -0.761. The van der Waals surface area contributed by atoms with Crippen LogP contribution in [0.2, 0.25) is 0 Å². The number of carbonyl (C=O) groups is 3. The van der Waals surface area contributed by atoms with Crippen LogP contribution in [0, 0.1) is 0 Å². The maximum Gasteiger partial charge on any atom is 0.426 e. The average molecular weight is 301 g/mol. The van der Waals surface area contributed by atoms with Gasteiger partial charge in [0.25, 0.3) is 0 Å². The molecule has 2 N–H and O–H groups in total. The monoisotopic (exact) mass is 301 g/mol. The summed E-state index contributed by atoms with van der Waals surface area (Å²) in [5, 5.41) is 0. The lowest BCUT2D eigenvalue weighted by atomic mass is 10.2. The van der Waals surface area contributed by atoms with Crippen LogP contribution in [0.4, 0.5) is 9.59 Å². The molecule has 8 nitrogen and oxygen atoms in total. The molecule has 0 radical (unpaired) electrons. The van der Waals surface area contributed by atoms with E-state index in [4.69, 9.17) is 9.47 Å². The normalized spacial score (nSPS) is 18.1. The van der Waals surface area contributed by atoms with Crippen LogP contribution in [-0.4, -0.2) is 47.8 Å². The Morgan fingerprint density at radius 2 is 1.90 bits per heavy atom. The first-order valence-electron chi connectivity index (χ1n) is 6.97. The van der Waals surface area contributed by atoms with Gasteiger partial charge in [0.05, 0.1) is 6.61 Å². The predicted octanol–water partition coefficient (Wildman–Crippen LogP) is 1.16. The van der Waals surface area contributed by atoms with Crippen molar-refractivity contribution in [3.05, 3.63) is 0 Å². The molecule has 1 aliphatic heterocycles. The molecular formula is C13H23N3O5. The molecule has 1 fully saturated rings. The molecule has 1 saturated heterocycles. The number of ether oxygens (including phenoxy) is 2. The van der Waals surface area contributed by atoms with E-state index in [-0.39, 0.29) is 6.61 Å². The van der Waals surface area contributed by atoms with Crippen LogP contribution in [0.3, 0.4) is 0 Å². The van der Waals surface area contributed by atoms with E-state index in [9.17, 15) is 14.4 Å². The molecule has 1 unspecified atom stereocenters. The maximum atomic E-state index is 12.0. The largest absolute Gasteiger partial charge is 0.464 e. The molecular weight excluding hydrogens is 278 g/mol. The smallest absolute Gasteiger partial charge is 0.426 e. The van der Waals surface area contributed by atoms with Crippen molar-refractivity contribution in [1.82, 2.24) is 15.8 Å². The number of carbonyl (C=O) groups excluding carboxylic acids is 3. The van der Waals surface area contributed by atoms with E-state index in [1.807, 2.05) is 0 Å². The van der Waals surface area contributed by atoms with Gasteiger partial charge in [-0.15, -0.1) is 0 Å². The van der Waals surface area contributed by atoms with Gasteiger partial charge in [0, 0.05) is 6.54 Å². The van der Waals surface area contributed by atoms with Gasteiger partial charge in [-0.1, -0.05) is 0 Å². The van der Waals surface area contributed by atoms with Crippen LogP contribution in [0.15, 0.2) is 0 Å². The highest BCUT2D eigenvalue weighted by atomic mass is 16.6. The maximum absolute atomic E-state index is 12.0. The molecule has 1 aliphatic rings. The Morgan fingerprint density at radius 1 is 1.24 bits per heavy atom. The minimum Gasteiger partial charge on any atom is -0.464 e. The van der Waals surface area contributed by atoms with Crippen LogP contribution < -0.4 is 10.9 Å². The van der Waals surface area contributed by atoms with E-state index in [0.717, 1.165) is 0 Å². The van der Waals surface area contributed by atoms with Crippen molar-refractivity contribution in [2.24, 2.45) is 0 Å². The van der Waals surface area contributed by atoms with Crippen LogP contribution in [-0.2, 0) is 14.3 Å². The molecule has 3 amide bonds.